The van der Waals surface area contributed by atoms with Crippen molar-refractivity contribution in [3.8, 4) is 11.3 Å². The van der Waals surface area contributed by atoms with Gasteiger partial charge in [-0.15, -0.1) is 0 Å². The van der Waals surface area contributed by atoms with E-state index in [1.54, 1.807) is 12.0 Å². The van der Waals surface area contributed by atoms with Crippen LogP contribution in [0, 0.1) is 6.92 Å². The first-order valence-electron chi connectivity index (χ1n) is 10.5. The molecule has 2 heterocycles. The van der Waals surface area contributed by atoms with Crippen molar-refractivity contribution in [1.82, 2.24) is 15.1 Å². The highest BCUT2D eigenvalue weighted by Crippen LogP contribution is 2.37. The van der Waals surface area contributed by atoms with Crippen molar-refractivity contribution in [2.75, 3.05) is 20.3 Å². The Hall–Kier alpha value is -3.25. The molecule has 31 heavy (non-hydrogen) atoms. The van der Waals surface area contributed by atoms with Crippen LogP contribution in [-0.4, -0.2) is 41.5 Å². The maximum atomic E-state index is 13.0. The summed E-state index contributed by atoms with van der Waals surface area (Å²) in [5, 5.41) is 8.36. The number of hydrogen-bond donors (Lipinski definition) is 0. The summed E-state index contributed by atoms with van der Waals surface area (Å²) < 4.78 is 11.4. The van der Waals surface area contributed by atoms with Crippen LogP contribution in [0.2, 0.25) is 0 Å². The molecule has 2 unspecified atom stereocenters. The second-order valence-electron chi connectivity index (χ2n) is 7.96. The van der Waals surface area contributed by atoms with Crippen molar-refractivity contribution in [3.05, 3.63) is 83.6 Å². The van der Waals surface area contributed by atoms with Crippen LogP contribution < -0.4 is 0 Å². The second-order valence-corrected chi connectivity index (χ2v) is 7.96. The highest BCUT2D eigenvalue weighted by atomic mass is 16.6. The minimum atomic E-state index is -0.753. The van der Waals surface area contributed by atoms with Gasteiger partial charge >= 0.3 is 6.09 Å². The molecule has 1 saturated heterocycles. The van der Waals surface area contributed by atoms with E-state index in [2.05, 4.69) is 10.2 Å². The normalized spacial score (nSPS) is 19.7. The lowest BCUT2D eigenvalue weighted by Gasteiger charge is -2.43. The molecular formula is C25H27N3O3. The predicted molar refractivity (Wildman–Crippen MR) is 118 cm³/mol. The smallest absolute Gasteiger partial charge is 0.411 e. The summed E-state index contributed by atoms with van der Waals surface area (Å²) >= 11 is 0. The highest BCUT2D eigenvalue weighted by Gasteiger charge is 2.43. The summed E-state index contributed by atoms with van der Waals surface area (Å²) in [7, 11) is 1.63. The number of nitrogens with zero attached hydrogens (tertiary/aromatic N) is 3. The van der Waals surface area contributed by atoms with Crippen LogP contribution >= 0.6 is 0 Å². The summed E-state index contributed by atoms with van der Waals surface area (Å²) in [6.45, 7) is 4.85. The lowest BCUT2D eigenvalue weighted by atomic mass is 9.89. The van der Waals surface area contributed by atoms with Gasteiger partial charge in [-0.05, 0) is 37.1 Å². The van der Waals surface area contributed by atoms with Gasteiger partial charge in [-0.3, -0.25) is 0 Å². The molecule has 0 bridgehead atoms. The Morgan fingerprint density at radius 2 is 1.81 bits per heavy atom. The van der Waals surface area contributed by atoms with E-state index < -0.39 is 5.60 Å². The summed E-state index contributed by atoms with van der Waals surface area (Å²) in [5.41, 5.74) is 3.96. The van der Waals surface area contributed by atoms with Crippen LogP contribution in [0.15, 0.2) is 66.7 Å². The number of carbonyl (C=O) groups excluding carboxylic acids is 1. The van der Waals surface area contributed by atoms with Crippen LogP contribution in [-0.2, 0) is 15.1 Å². The molecule has 1 aliphatic rings. The number of cyclic esters (lactones) is 1. The van der Waals surface area contributed by atoms with Crippen molar-refractivity contribution >= 4 is 6.09 Å². The molecule has 1 aromatic heterocycles. The van der Waals surface area contributed by atoms with E-state index in [0.717, 1.165) is 28.1 Å². The molecule has 0 saturated carbocycles. The van der Waals surface area contributed by atoms with Crippen LogP contribution in [0.3, 0.4) is 0 Å². The fraction of sp³-hybridized carbons (Fsp3) is 0.320. The largest absolute Gasteiger partial charge is 0.435 e. The molecule has 0 spiro atoms. The van der Waals surface area contributed by atoms with Crippen molar-refractivity contribution in [2.24, 2.45) is 0 Å². The van der Waals surface area contributed by atoms with Gasteiger partial charge in [-0.25, -0.2) is 4.79 Å². The Bertz CT molecular complexity index is 1020. The van der Waals surface area contributed by atoms with E-state index in [9.17, 15) is 4.79 Å². The second kappa shape index (κ2) is 8.86. The zero-order chi connectivity index (χ0) is 21.8. The van der Waals surface area contributed by atoms with Gasteiger partial charge in [-0.2, -0.15) is 10.2 Å². The van der Waals surface area contributed by atoms with E-state index in [1.165, 1.54) is 0 Å². The fourth-order valence-corrected chi connectivity index (χ4v) is 4.05. The first kappa shape index (κ1) is 21.0. The first-order valence-corrected chi connectivity index (χ1v) is 10.5. The molecule has 0 aliphatic carbocycles. The SMILES string of the molecule is COCC1(c2ccccc2)CCN(C(C)c2ccc(-c3ccc(C)nn3)cc2)C(=O)O1. The Kier molecular flexibility index (Phi) is 6.00. The molecule has 0 N–H and O–H groups in total. The van der Waals surface area contributed by atoms with Crippen molar-refractivity contribution < 1.29 is 14.3 Å². The van der Waals surface area contributed by atoms with E-state index >= 15 is 0 Å². The molecule has 1 fully saturated rings. The number of aromatic nitrogens is 2. The van der Waals surface area contributed by atoms with Gasteiger partial charge in [0.2, 0.25) is 0 Å². The van der Waals surface area contributed by atoms with Crippen LogP contribution in [0.1, 0.15) is 36.2 Å². The summed E-state index contributed by atoms with van der Waals surface area (Å²) in [5.74, 6) is 0. The molecule has 3 aromatic rings. The molecule has 160 valence electrons. The van der Waals surface area contributed by atoms with E-state index in [-0.39, 0.29) is 12.1 Å². The quantitative estimate of drug-likeness (QED) is 0.571. The average Bonchev–Trinajstić information content (AvgIpc) is 2.80. The molecular weight excluding hydrogens is 390 g/mol. The Morgan fingerprint density at radius 1 is 1.06 bits per heavy atom. The zero-order valence-electron chi connectivity index (χ0n) is 18.1. The van der Waals surface area contributed by atoms with Crippen LogP contribution in [0.4, 0.5) is 4.79 Å². The maximum absolute atomic E-state index is 13.0. The number of aryl methyl sites for hydroxylation is 1. The van der Waals surface area contributed by atoms with Gasteiger partial charge in [0.05, 0.1) is 24.0 Å². The molecule has 4 rings (SSSR count). The molecule has 2 aromatic carbocycles. The fourth-order valence-electron chi connectivity index (χ4n) is 4.05. The minimum Gasteiger partial charge on any atom is -0.435 e. The molecule has 2 atom stereocenters. The standard InChI is InChI=1S/C25H27N3O3/c1-18-9-14-23(27-26-18)21-12-10-20(11-13-21)19(2)28-16-15-25(17-30-3,31-24(28)29)22-7-5-4-6-8-22/h4-14,19H,15-17H2,1-3H3. The maximum Gasteiger partial charge on any atom is 0.411 e. The topological polar surface area (TPSA) is 64.5 Å². The summed E-state index contributed by atoms with van der Waals surface area (Å²) in [6, 6.07) is 21.7. The number of amides is 1. The van der Waals surface area contributed by atoms with Gasteiger partial charge in [0, 0.05) is 25.6 Å². The van der Waals surface area contributed by atoms with Gasteiger partial charge in [0.15, 0.2) is 5.60 Å². The Balaban J connectivity index is 1.50. The van der Waals surface area contributed by atoms with Crippen molar-refractivity contribution in [2.45, 2.75) is 31.9 Å². The summed E-state index contributed by atoms with van der Waals surface area (Å²) in [4.78, 5) is 14.8. The monoisotopic (exact) mass is 417 g/mol. The van der Waals surface area contributed by atoms with Crippen molar-refractivity contribution in [3.63, 3.8) is 0 Å². The molecule has 6 nitrogen and oxygen atoms in total. The first-order chi connectivity index (χ1) is 15.0. The molecule has 0 radical (unpaired) electrons. The third-order valence-electron chi connectivity index (χ3n) is 5.91. The van der Waals surface area contributed by atoms with Gasteiger partial charge in [0.25, 0.3) is 0 Å². The van der Waals surface area contributed by atoms with Crippen LogP contribution in [0.5, 0.6) is 0 Å². The van der Waals surface area contributed by atoms with Gasteiger partial charge < -0.3 is 14.4 Å². The number of ether oxygens (including phenoxy) is 2. The third kappa shape index (κ3) is 4.30. The number of carbonyl (C=O) groups is 1. The lowest BCUT2D eigenvalue weighted by Crippen LogP contribution is -2.50. The van der Waals surface area contributed by atoms with E-state index in [1.807, 2.05) is 80.6 Å². The number of methoxy groups -OCH3 is 1. The number of hydrogen-bond acceptors (Lipinski definition) is 5. The van der Waals surface area contributed by atoms with E-state index in [4.69, 9.17) is 9.47 Å². The lowest BCUT2D eigenvalue weighted by molar-refractivity contribution is -0.0964. The molecule has 6 heteroatoms. The summed E-state index contributed by atoms with van der Waals surface area (Å²) in [6.07, 6.45) is 0.339. The minimum absolute atomic E-state index is 0.109. The number of benzene rings is 2. The third-order valence-corrected chi connectivity index (χ3v) is 5.91. The number of rotatable bonds is 6. The van der Waals surface area contributed by atoms with Crippen LogP contribution in [0.25, 0.3) is 11.3 Å². The van der Waals surface area contributed by atoms with Gasteiger partial charge in [0.1, 0.15) is 0 Å². The average molecular weight is 418 g/mol. The Morgan fingerprint density at radius 3 is 2.42 bits per heavy atom. The van der Waals surface area contributed by atoms with Gasteiger partial charge in [-0.1, -0.05) is 54.6 Å². The highest BCUT2D eigenvalue weighted by molar-refractivity contribution is 5.70. The van der Waals surface area contributed by atoms with Crippen molar-refractivity contribution in [1.29, 1.82) is 0 Å². The molecule has 1 aliphatic heterocycles. The zero-order valence-corrected chi connectivity index (χ0v) is 18.1. The van der Waals surface area contributed by atoms with E-state index in [0.29, 0.717) is 19.6 Å². The predicted octanol–water partition coefficient (Wildman–Crippen LogP) is 4.90. The Labute approximate surface area is 182 Å². The molecule has 1 amide bonds.